The van der Waals surface area contributed by atoms with Crippen LogP contribution in [0.5, 0.6) is 5.75 Å². The molecule has 156 valence electrons. The number of sulfonamides is 1. The van der Waals surface area contributed by atoms with Crippen molar-refractivity contribution in [2.75, 3.05) is 25.6 Å². The topological polar surface area (TPSA) is 93.7 Å². The molecule has 1 atom stereocenters. The average Bonchev–Trinajstić information content (AvgIpc) is 3.20. The molecule has 1 aliphatic heterocycles. The van der Waals surface area contributed by atoms with Crippen molar-refractivity contribution in [1.29, 1.82) is 0 Å². The van der Waals surface area contributed by atoms with E-state index in [-0.39, 0.29) is 33.8 Å². The van der Waals surface area contributed by atoms with Gasteiger partial charge in [-0.1, -0.05) is 23.2 Å². The first kappa shape index (κ1) is 21.9. The van der Waals surface area contributed by atoms with Crippen LogP contribution in [0.2, 0.25) is 10.0 Å². The Morgan fingerprint density at radius 1 is 1.24 bits per heavy atom. The third-order valence-corrected chi connectivity index (χ3v) is 6.40. The number of benzene rings is 2. The average molecular weight is 459 g/mol. The smallest absolute Gasteiger partial charge is 0.257 e. The minimum Gasteiger partial charge on any atom is -0.495 e. The molecule has 7 nitrogen and oxygen atoms in total. The summed E-state index contributed by atoms with van der Waals surface area (Å²) in [7, 11) is -2.37. The molecular formula is C19H20Cl2N2O5S. The maximum Gasteiger partial charge on any atom is 0.257 e. The molecule has 0 saturated carbocycles. The lowest BCUT2D eigenvalue weighted by atomic mass is 10.2. The predicted octanol–water partition coefficient (Wildman–Crippen LogP) is 3.71. The normalized spacial score (nSPS) is 16.6. The highest BCUT2D eigenvalue weighted by atomic mass is 35.5. The Kier molecular flexibility index (Phi) is 7.02. The first-order valence-corrected chi connectivity index (χ1v) is 11.1. The lowest BCUT2D eigenvalue weighted by Crippen LogP contribution is -2.31. The number of anilines is 1. The third-order valence-electron chi connectivity index (χ3n) is 4.43. The zero-order valence-electron chi connectivity index (χ0n) is 15.6. The number of carbonyl (C=O) groups is 1. The monoisotopic (exact) mass is 458 g/mol. The van der Waals surface area contributed by atoms with E-state index in [1.807, 2.05) is 0 Å². The van der Waals surface area contributed by atoms with Gasteiger partial charge in [-0.2, -0.15) is 0 Å². The summed E-state index contributed by atoms with van der Waals surface area (Å²) in [6, 6.07) is 8.68. The zero-order valence-corrected chi connectivity index (χ0v) is 17.9. The summed E-state index contributed by atoms with van der Waals surface area (Å²) in [5.74, 6) is -0.214. The highest BCUT2D eigenvalue weighted by molar-refractivity contribution is 7.89. The molecule has 2 aromatic carbocycles. The molecule has 0 aromatic heterocycles. The van der Waals surface area contributed by atoms with Crippen LogP contribution < -0.4 is 14.8 Å². The molecule has 1 fully saturated rings. The molecular weight excluding hydrogens is 439 g/mol. The van der Waals surface area contributed by atoms with Crippen LogP contribution in [-0.2, 0) is 14.8 Å². The van der Waals surface area contributed by atoms with Crippen LogP contribution in [0.4, 0.5) is 5.69 Å². The van der Waals surface area contributed by atoms with Gasteiger partial charge in [-0.25, -0.2) is 13.1 Å². The van der Waals surface area contributed by atoms with Gasteiger partial charge in [0.05, 0.1) is 34.4 Å². The number of carbonyl (C=O) groups excluding carboxylic acids is 1. The second-order valence-corrected chi connectivity index (χ2v) is 9.04. The van der Waals surface area contributed by atoms with Gasteiger partial charge in [0, 0.05) is 18.2 Å². The van der Waals surface area contributed by atoms with Gasteiger partial charge in [0.1, 0.15) is 5.75 Å². The van der Waals surface area contributed by atoms with E-state index in [0.29, 0.717) is 17.4 Å². The minimum atomic E-state index is -3.79. The van der Waals surface area contributed by atoms with Gasteiger partial charge in [0.25, 0.3) is 5.91 Å². The lowest BCUT2D eigenvalue weighted by Gasteiger charge is -2.15. The van der Waals surface area contributed by atoms with Crippen molar-refractivity contribution >= 4 is 44.8 Å². The summed E-state index contributed by atoms with van der Waals surface area (Å²) in [6.45, 7) is 0.828. The van der Waals surface area contributed by atoms with Crippen molar-refractivity contribution in [3.8, 4) is 5.75 Å². The van der Waals surface area contributed by atoms with Crippen LogP contribution in [0.25, 0.3) is 0 Å². The molecule has 1 aliphatic rings. The van der Waals surface area contributed by atoms with Crippen molar-refractivity contribution in [1.82, 2.24) is 4.72 Å². The molecule has 0 bridgehead atoms. The van der Waals surface area contributed by atoms with Crippen LogP contribution in [0, 0.1) is 0 Å². The summed E-state index contributed by atoms with van der Waals surface area (Å²) < 4.78 is 38.5. The fourth-order valence-corrected chi connectivity index (χ4v) is 4.49. The molecule has 0 radical (unpaired) electrons. The van der Waals surface area contributed by atoms with E-state index in [4.69, 9.17) is 32.7 Å². The van der Waals surface area contributed by atoms with Crippen LogP contribution in [-0.4, -0.2) is 40.7 Å². The van der Waals surface area contributed by atoms with Crippen LogP contribution >= 0.6 is 23.2 Å². The molecule has 0 spiro atoms. The Morgan fingerprint density at radius 3 is 2.69 bits per heavy atom. The van der Waals surface area contributed by atoms with Crippen LogP contribution in [0.3, 0.4) is 0 Å². The number of hydrogen-bond donors (Lipinski definition) is 2. The van der Waals surface area contributed by atoms with Crippen LogP contribution in [0.1, 0.15) is 23.2 Å². The fraction of sp³-hybridized carbons (Fsp3) is 0.316. The van der Waals surface area contributed by atoms with E-state index in [1.54, 1.807) is 0 Å². The predicted molar refractivity (Wildman–Crippen MR) is 112 cm³/mol. The van der Waals surface area contributed by atoms with Gasteiger partial charge in [0.2, 0.25) is 10.0 Å². The fourth-order valence-electron chi connectivity index (χ4n) is 2.91. The molecule has 0 unspecified atom stereocenters. The van der Waals surface area contributed by atoms with Crippen molar-refractivity contribution in [3.63, 3.8) is 0 Å². The number of halogens is 2. The Bertz CT molecular complexity index is 1010. The largest absolute Gasteiger partial charge is 0.495 e. The van der Waals surface area contributed by atoms with Crippen molar-refractivity contribution in [3.05, 3.63) is 52.0 Å². The van der Waals surface area contributed by atoms with Gasteiger partial charge in [-0.15, -0.1) is 0 Å². The van der Waals surface area contributed by atoms with Gasteiger partial charge >= 0.3 is 0 Å². The molecule has 1 amide bonds. The van der Waals surface area contributed by atoms with Crippen LogP contribution in [0.15, 0.2) is 41.3 Å². The van der Waals surface area contributed by atoms with Gasteiger partial charge < -0.3 is 14.8 Å². The maximum atomic E-state index is 12.6. The first-order valence-electron chi connectivity index (χ1n) is 8.86. The number of hydrogen-bond acceptors (Lipinski definition) is 5. The van der Waals surface area contributed by atoms with E-state index < -0.39 is 15.9 Å². The first-order chi connectivity index (χ1) is 13.8. The molecule has 2 aromatic rings. The second-order valence-electron chi connectivity index (χ2n) is 6.43. The minimum absolute atomic E-state index is 0.00574. The van der Waals surface area contributed by atoms with E-state index in [0.717, 1.165) is 12.8 Å². The molecule has 3 rings (SSSR count). The van der Waals surface area contributed by atoms with E-state index >= 15 is 0 Å². The Balaban J connectivity index is 1.81. The van der Waals surface area contributed by atoms with Crippen molar-refractivity contribution in [2.24, 2.45) is 0 Å². The highest BCUT2D eigenvalue weighted by Gasteiger charge is 2.22. The molecule has 2 N–H and O–H groups in total. The highest BCUT2D eigenvalue weighted by Crippen LogP contribution is 2.29. The second kappa shape index (κ2) is 9.32. The maximum absolute atomic E-state index is 12.6. The van der Waals surface area contributed by atoms with Gasteiger partial charge in [0.15, 0.2) is 0 Å². The zero-order chi connectivity index (χ0) is 21.0. The van der Waals surface area contributed by atoms with Gasteiger partial charge in [-0.3, -0.25) is 4.79 Å². The van der Waals surface area contributed by atoms with E-state index in [2.05, 4.69) is 10.0 Å². The number of rotatable bonds is 7. The Morgan fingerprint density at radius 2 is 2.03 bits per heavy atom. The quantitative estimate of drug-likeness (QED) is 0.659. The molecule has 29 heavy (non-hydrogen) atoms. The molecule has 1 heterocycles. The standard InChI is InChI=1S/C19H20Cl2N2O5S/c1-27-18-7-5-14(29(25,26)22-11-13-3-2-8-28-13)10-17(18)23-19(24)15-6-4-12(20)9-16(15)21/h4-7,9-10,13,22H,2-3,8,11H2,1H3,(H,23,24)/t13-/m1/s1. The summed E-state index contributed by atoms with van der Waals surface area (Å²) in [5.41, 5.74) is 0.395. The lowest BCUT2D eigenvalue weighted by molar-refractivity contribution is 0.102. The molecule has 0 aliphatic carbocycles. The van der Waals surface area contributed by atoms with Crippen molar-refractivity contribution < 1.29 is 22.7 Å². The summed E-state index contributed by atoms with van der Waals surface area (Å²) in [6.07, 6.45) is 1.60. The van der Waals surface area contributed by atoms with Gasteiger partial charge in [-0.05, 0) is 49.2 Å². The number of nitrogens with one attached hydrogen (secondary N) is 2. The summed E-state index contributed by atoms with van der Waals surface area (Å²) in [5, 5.41) is 3.21. The number of ether oxygens (including phenoxy) is 2. The number of methoxy groups -OCH3 is 1. The molecule has 1 saturated heterocycles. The summed E-state index contributed by atoms with van der Waals surface area (Å²) in [4.78, 5) is 12.6. The van der Waals surface area contributed by atoms with E-state index in [1.165, 1.54) is 43.5 Å². The summed E-state index contributed by atoms with van der Waals surface area (Å²) >= 11 is 11.9. The Hall–Kier alpha value is -1.84. The molecule has 10 heteroatoms. The van der Waals surface area contributed by atoms with Crippen molar-refractivity contribution in [2.45, 2.75) is 23.8 Å². The van der Waals surface area contributed by atoms with E-state index in [9.17, 15) is 13.2 Å². The Labute approximate surface area is 179 Å². The SMILES string of the molecule is COc1ccc(S(=O)(=O)NC[C@H]2CCCO2)cc1NC(=O)c1ccc(Cl)cc1Cl. The number of amides is 1. The third kappa shape index (κ3) is 5.40.